The first-order valence-electron chi connectivity index (χ1n) is 12.4. The Bertz CT molecular complexity index is 910. The zero-order valence-corrected chi connectivity index (χ0v) is 20.7. The second kappa shape index (κ2) is 10.6. The van der Waals surface area contributed by atoms with Crippen LogP contribution in [-0.4, -0.2) is 70.1 Å². The Labute approximate surface area is 205 Å². The Balaban J connectivity index is 1.56. The third kappa shape index (κ3) is 4.40. The number of rotatable bonds is 11. The van der Waals surface area contributed by atoms with E-state index in [9.17, 15) is 19.5 Å². The zero-order valence-electron chi connectivity index (χ0n) is 19.9. The van der Waals surface area contributed by atoms with Crippen molar-refractivity contribution >= 4 is 35.2 Å². The van der Waals surface area contributed by atoms with Crippen molar-refractivity contribution in [2.45, 2.75) is 62.0 Å². The van der Waals surface area contributed by atoms with E-state index in [4.69, 9.17) is 4.74 Å². The number of carbonyl (C=O) groups is 3. The number of nitrogens with one attached hydrogen (secondary N) is 2. The number of aliphatic hydroxyl groups is 1. The molecule has 2 unspecified atom stereocenters. The number of ether oxygens (including phenoxy) is 1. The first kappa shape index (κ1) is 24.9. The number of amides is 3. The molecule has 0 aliphatic carbocycles. The Hall–Kier alpha value is -2.26. The summed E-state index contributed by atoms with van der Waals surface area (Å²) in [5.74, 6) is -0.718. The highest BCUT2D eigenvalue weighted by Gasteiger charge is 2.73. The molecule has 8 nitrogen and oxygen atoms in total. The fourth-order valence-electron chi connectivity index (χ4n) is 5.75. The lowest BCUT2D eigenvalue weighted by molar-refractivity contribution is -0.139. The van der Waals surface area contributed by atoms with Crippen LogP contribution in [0.5, 0.6) is 5.75 Å². The lowest BCUT2D eigenvalue weighted by Gasteiger charge is -2.34. The van der Waals surface area contributed by atoms with Crippen LogP contribution < -0.4 is 15.4 Å². The van der Waals surface area contributed by atoms with Gasteiger partial charge in [-0.1, -0.05) is 13.3 Å². The predicted molar refractivity (Wildman–Crippen MR) is 132 cm³/mol. The van der Waals surface area contributed by atoms with Gasteiger partial charge in [0.1, 0.15) is 11.8 Å². The first-order valence-corrected chi connectivity index (χ1v) is 13.2. The van der Waals surface area contributed by atoms with Crippen LogP contribution >= 0.6 is 11.8 Å². The molecule has 9 heteroatoms. The molecule has 3 heterocycles. The van der Waals surface area contributed by atoms with Crippen molar-refractivity contribution in [1.29, 1.82) is 0 Å². The number of thioether (sulfide) groups is 1. The molecule has 0 radical (unpaired) electrons. The summed E-state index contributed by atoms with van der Waals surface area (Å²) in [7, 11) is 0. The van der Waals surface area contributed by atoms with E-state index in [2.05, 4.69) is 17.6 Å². The molecule has 3 N–H and O–H groups in total. The van der Waals surface area contributed by atoms with Crippen molar-refractivity contribution < 1.29 is 24.2 Å². The van der Waals surface area contributed by atoms with Gasteiger partial charge in [0.05, 0.1) is 23.2 Å². The zero-order chi connectivity index (χ0) is 24.3. The van der Waals surface area contributed by atoms with Gasteiger partial charge in [-0.05, 0) is 56.9 Å². The highest BCUT2D eigenvalue weighted by molar-refractivity contribution is 8.02. The monoisotopic (exact) mass is 489 g/mol. The van der Waals surface area contributed by atoms with Crippen LogP contribution in [0.2, 0.25) is 0 Å². The molecule has 3 amide bonds. The van der Waals surface area contributed by atoms with Gasteiger partial charge in [-0.25, -0.2) is 0 Å². The minimum absolute atomic E-state index is 0.0163. The van der Waals surface area contributed by atoms with Crippen molar-refractivity contribution in [3.63, 3.8) is 0 Å². The molecule has 3 fully saturated rings. The van der Waals surface area contributed by atoms with Crippen molar-refractivity contribution in [2.75, 3.05) is 31.6 Å². The van der Waals surface area contributed by atoms with Gasteiger partial charge < -0.3 is 25.4 Å². The number of aliphatic hydroxyl groups excluding tert-OH is 1. The Morgan fingerprint density at radius 2 is 1.97 bits per heavy atom. The topological polar surface area (TPSA) is 108 Å². The molecule has 4 rings (SSSR count). The van der Waals surface area contributed by atoms with E-state index in [1.807, 2.05) is 19.1 Å². The van der Waals surface area contributed by atoms with Crippen LogP contribution in [0.25, 0.3) is 0 Å². The molecule has 186 valence electrons. The number of anilines is 1. The van der Waals surface area contributed by atoms with E-state index in [-0.39, 0.29) is 29.6 Å². The van der Waals surface area contributed by atoms with Crippen LogP contribution in [-0.2, 0) is 14.4 Å². The maximum absolute atomic E-state index is 13.7. The number of carbonyl (C=O) groups excluding carboxylic acids is 3. The second-order valence-corrected chi connectivity index (χ2v) is 10.9. The Morgan fingerprint density at radius 1 is 1.21 bits per heavy atom. The van der Waals surface area contributed by atoms with E-state index in [1.165, 1.54) is 0 Å². The molecule has 2 bridgehead atoms. The average Bonchev–Trinajstić information content (AvgIpc) is 3.46. The predicted octanol–water partition coefficient (Wildman–Crippen LogP) is 2.41. The quantitative estimate of drug-likeness (QED) is 0.412. The van der Waals surface area contributed by atoms with Crippen LogP contribution in [0.15, 0.2) is 24.3 Å². The lowest BCUT2D eigenvalue weighted by atomic mass is 9.70. The van der Waals surface area contributed by atoms with Gasteiger partial charge in [0.15, 0.2) is 0 Å². The molecule has 5 atom stereocenters. The maximum Gasteiger partial charge on any atom is 0.244 e. The number of nitrogens with zero attached hydrogens (tertiary/aromatic N) is 1. The summed E-state index contributed by atoms with van der Waals surface area (Å²) >= 11 is 1.66. The van der Waals surface area contributed by atoms with E-state index >= 15 is 0 Å². The van der Waals surface area contributed by atoms with Gasteiger partial charge in [0.25, 0.3) is 0 Å². The van der Waals surface area contributed by atoms with Crippen LogP contribution in [0, 0.1) is 11.8 Å². The van der Waals surface area contributed by atoms with Gasteiger partial charge in [-0.2, -0.15) is 0 Å². The molecule has 3 aliphatic heterocycles. The van der Waals surface area contributed by atoms with E-state index < -0.39 is 22.6 Å². The summed E-state index contributed by atoms with van der Waals surface area (Å²) in [5.41, 5.74) is 0.659. The number of benzene rings is 1. The maximum atomic E-state index is 13.7. The Morgan fingerprint density at radius 3 is 2.65 bits per heavy atom. The largest absolute Gasteiger partial charge is 0.494 e. The van der Waals surface area contributed by atoms with Gasteiger partial charge in [0.2, 0.25) is 17.7 Å². The molecule has 1 aromatic carbocycles. The summed E-state index contributed by atoms with van der Waals surface area (Å²) in [6.07, 6.45) is 3.80. The fraction of sp³-hybridized carbons (Fsp3) is 0.640. The van der Waals surface area contributed by atoms with Crippen LogP contribution in [0.1, 0.15) is 46.0 Å². The van der Waals surface area contributed by atoms with Gasteiger partial charge >= 0.3 is 0 Å². The normalized spacial score (nSPS) is 29.3. The summed E-state index contributed by atoms with van der Waals surface area (Å²) < 4.78 is 4.88. The molecule has 3 saturated heterocycles. The molecule has 0 aromatic heterocycles. The number of hydrogen-bond acceptors (Lipinski definition) is 6. The van der Waals surface area contributed by atoms with E-state index in [1.54, 1.807) is 28.8 Å². The average molecular weight is 490 g/mol. The van der Waals surface area contributed by atoms with E-state index in [0.29, 0.717) is 31.8 Å². The molecular weight excluding hydrogens is 454 g/mol. The second-order valence-electron chi connectivity index (χ2n) is 9.26. The minimum Gasteiger partial charge on any atom is -0.494 e. The Kier molecular flexibility index (Phi) is 7.72. The van der Waals surface area contributed by atoms with Crippen LogP contribution in [0.3, 0.4) is 0 Å². The highest BCUT2D eigenvalue weighted by Crippen LogP contribution is 2.66. The molecule has 1 spiro atoms. The summed E-state index contributed by atoms with van der Waals surface area (Å²) in [5, 5.41) is 15.4. The van der Waals surface area contributed by atoms with Gasteiger partial charge in [0, 0.05) is 30.6 Å². The third-order valence-corrected chi connectivity index (χ3v) is 9.12. The van der Waals surface area contributed by atoms with Crippen molar-refractivity contribution in [1.82, 2.24) is 10.2 Å². The highest BCUT2D eigenvalue weighted by atomic mass is 32.2. The molecule has 1 aromatic rings. The summed E-state index contributed by atoms with van der Waals surface area (Å²) in [6, 6.07) is 6.61. The number of fused-ring (bicyclic) bond motifs is 1. The molecule has 34 heavy (non-hydrogen) atoms. The molecule has 3 aliphatic rings. The number of likely N-dealkylation sites (tertiary alicyclic amines) is 1. The lowest BCUT2D eigenvalue weighted by Crippen LogP contribution is -2.53. The summed E-state index contributed by atoms with van der Waals surface area (Å²) in [4.78, 5) is 42.1. The SMILES string of the molecule is CCCCNC(=O)C1N(CCCO)C(=O)[C@@H]2[C@H](C(=O)Nc3ccc(OCC)cc3)[C@@H]3CCC12S3. The standard InChI is InChI=1S/C25H35N3O5S/c1-3-5-13-26-23(31)21-25-12-11-18(34-25)19(20(25)24(32)28(21)14-6-15-29)22(30)27-16-7-9-17(10-8-16)33-4-2/h7-10,18-21,29H,3-6,11-15H2,1-2H3,(H,26,31)(H,27,30)/t18-,19+,20-,21?,25?/m0/s1. The first-order chi connectivity index (χ1) is 16.5. The minimum atomic E-state index is -0.605. The van der Waals surface area contributed by atoms with Crippen molar-refractivity contribution in [3.8, 4) is 5.75 Å². The number of hydrogen-bond donors (Lipinski definition) is 3. The van der Waals surface area contributed by atoms with Crippen molar-refractivity contribution in [3.05, 3.63) is 24.3 Å². The van der Waals surface area contributed by atoms with E-state index in [0.717, 1.165) is 31.4 Å². The number of unbranched alkanes of at least 4 members (excludes halogenated alkanes) is 1. The smallest absolute Gasteiger partial charge is 0.244 e. The summed E-state index contributed by atoms with van der Waals surface area (Å²) in [6.45, 7) is 5.39. The van der Waals surface area contributed by atoms with Gasteiger partial charge in [-0.3, -0.25) is 14.4 Å². The molecule has 0 saturated carbocycles. The molecular formula is C25H35N3O5S. The van der Waals surface area contributed by atoms with Crippen LogP contribution in [0.4, 0.5) is 5.69 Å². The third-order valence-electron chi connectivity index (χ3n) is 7.17. The van der Waals surface area contributed by atoms with Crippen molar-refractivity contribution in [2.24, 2.45) is 11.8 Å². The fourth-order valence-corrected chi connectivity index (χ4v) is 7.97. The van der Waals surface area contributed by atoms with Gasteiger partial charge in [-0.15, -0.1) is 11.8 Å².